The lowest BCUT2D eigenvalue weighted by atomic mass is 10.1. The minimum atomic E-state index is 0.00545. The van der Waals surface area contributed by atoms with Gasteiger partial charge in [0.15, 0.2) is 6.61 Å². The summed E-state index contributed by atoms with van der Waals surface area (Å²) in [5.74, 6) is 1.68. The quantitative estimate of drug-likeness (QED) is 0.477. The second kappa shape index (κ2) is 8.73. The molecule has 2 aromatic carbocycles. The molecular formula is C24H22N4O2S. The number of piperazine rings is 1. The first-order valence-corrected chi connectivity index (χ1v) is 11.2. The molecule has 1 amide bonds. The minimum absolute atomic E-state index is 0.00545. The third-order valence-corrected chi connectivity index (χ3v) is 6.32. The summed E-state index contributed by atoms with van der Waals surface area (Å²) in [6, 6.07) is 20.0. The predicted molar refractivity (Wildman–Crippen MR) is 124 cm³/mol. The zero-order valence-electron chi connectivity index (χ0n) is 17.0. The molecule has 0 radical (unpaired) electrons. The summed E-state index contributed by atoms with van der Waals surface area (Å²) in [6.07, 6.45) is 1.61. The van der Waals surface area contributed by atoms with Gasteiger partial charge >= 0.3 is 0 Å². The maximum absolute atomic E-state index is 12.8. The molecule has 6 nitrogen and oxygen atoms in total. The standard InChI is InChI=1S/C24H22N4O2S/c29-22(16-30-21-9-5-4-8-19(21)18-6-2-1-3-7-18)27-11-13-28(14-12-27)23-20-10-15-31-24(20)26-17-25-23/h1-10,15,17H,11-14,16H2. The Bertz CT molecular complexity index is 1190. The van der Waals surface area contributed by atoms with Crippen LogP contribution in [0.4, 0.5) is 5.82 Å². The van der Waals surface area contributed by atoms with Crippen LogP contribution in [0, 0.1) is 0 Å². The van der Waals surface area contributed by atoms with Crippen LogP contribution in [0.1, 0.15) is 0 Å². The van der Waals surface area contributed by atoms with Crippen molar-refractivity contribution in [2.45, 2.75) is 0 Å². The molecule has 0 bridgehead atoms. The molecule has 1 aliphatic rings. The zero-order valence-corrected chi connectivity index (χ0v) is 17.8. The largest absolute Gasteiger partial charge is 0.483 e. The molecule has 0 unspecified atom stereocenters. The van der Waals surface area contributed by atoms with Crippen LogP contribution in [0.3, 0.4) is 0 Å². The number of aromatic nitrogens is 2. The van der Waals surface area contributed by atoms with E-state index in [9.17, 15) is 4.79 Å². The summed E-state index contributed by atoms with van der Waals surface area (Å²) < 4.78 is 5.94. The number of carbonyl (C=O) groups excluding carboxylic acids is 1. The first-order valence-electron chi connectivity index (χ1n) is 10.3. The van der Waals surface area contributed by atoms with Crippen LogP contribution in [-0.2, 0) is 4.79 Å². The fourth-order valence-electron chi connectivity index (χ4n) is 3.88. The van der Waals surface area contributed by atoms with E-state index >= 15 is 0 Å². The van der Waals surface area contributed by atoms with E-state index in [-0.39, 0.29) is 12.5 Å². The van der Waals surface area contributed by atoms with Gasteiger partial charge in [-0.15, -0.1) is 11.3 Å². The number of anilines is 1. The monoisotopic (exact) mass is 430 g/mol. The smallest absolute Gasteiger partial charge is 0.260 e. The van der Waals surface area contributed by atoms with Crippen molar-refractivity contribution in [1.82, 2.24) is 14.9 Å². The minimum Gasteiger partial charge on any atom is -0.483 e. The summed E-state index contributed by atoms with van der Waals surface area (Å²) >= 11 is 1.62. The number of benzene rings is 2. The van der Waals surface area contributed by atoms with Crippen molar-refractivity contribution < 1.29 is 9.53 Å². The molecule has 1 aliphatic heterocycles. The van der Waals surface area contributed by atoms with Crippen LogP contribution in [-0.4, -0.2) is 53.6 Å². The maximum atomic E-state index is 12.8. The molecule has 0 N–H and O–H groups in total. The van der Waals surface area contributed by atoms with Gasteiger partial charge in [-0.2, -0.15) is 0 Å². The molecule has 1 saturated heterocycles. The highest BCUT2D eigenvalue weighted by atomic mass is 32.1. The van der Waals surface area contributed by atoms with E-state index in [1.807, 2.05) is 64.9 Å². The molecule has 31 heavy (non-hydrogen) atoms. The van der Waals surface area contributed by atoms with Crippen LogP contribution < -0.4 is 9.64 Å². The lowest BCUT2D eigenvalue weighted by Gasteiger charge is -2.35. The number of para-hydroxylation sites is 1. The molecule has 1 fully saturated rings. The van der Waals surface area contributed by atoms with Gasteiger partial charge in [0.25, 0.3) is 5.91 Å². The Kier molecular flexibility index (Phi) is 5.50. The Hall–Kier alpha value is -3.45. The average molecular weight is 431 g/mol. The average Bonchev–Trinajstić information content (AvgIpc) is 3.32. The number of hydrogen-bond acceptors (Lipinski definition) is 6. The zero-order chi connectivity index (χ0) is 21.0. The first kappa shape index (κ1) is 19.5. The first-order chi connectivity index (χ1) is 15.3. The van der Waals surface area contributed by atoms with E-state index in [1.165, 1.54) is 0 Å². The fraction of sp³-hybridized carbons (Fsp3) is 0.208. The molecule has 0 atom stereocenters. The molecule has 0 spiro atoms. The number of amides is 1. The van der Waals surface area contributed by atoms with Gasteiger partial charge in [0.2, 0.25) is 0 Å². The Morgan fingerprint density at radius 2 is 1.71 bits per heavy atom. The highest BCUT2D eigenvalue weighted by Gasteiger charge is 2.23. The molecule has 0 aliphatic carbocycles. The van der Waals surface area contributed by atoms with Gasteiger partial charge in [-0.25, -0.2) is 9.97 Å². The van der Waals surface area contributed by atoms with E-state index < -0.39 is 0 Å². The number of rotatable bonds is 5. The molecule has 0 saturated carbocycles. The second-order valence-electron chi connectivity index (χ2n) is 7.36. The van der Waals surface area contributed by atoms with Gasteiger partial charge in [-0.1, -0.05) is 48.5 Å². The summed E-state index contributed by atoms with van der Waals surface area (Å²) in [5, 5.41) is 3.11. The highest BCUT2D eigenvalue weighted by molar-refractivity contribution is 7.16. The van der Waals surface area contributed by atoms with E-state index in [0.29, 0.717) is 13.1 Å². The topological polar surface area (TPSA) is 58.6 Å². The van der Waals surface area contributed by atoms with E-state index in [0.717, 1.165) is 46.0 Å². The summed E-state index contributed by atoms with van der Waals surface area (Å²) in [7, 11) is 0. The van der Waals surface area contributed by atoms with E-state index in [2.05, 4.69) is 20.9 Å². The Morgan fingerprint density at radius 1 is 0.935 bits per heavy atom. The second-order valence-corrected chi connectivity index (χ2v) is 8.25. The molecule has 3 heterocycles. The Balaban J connectivity index is 1.21. The normalized spacial score (nSPS) is 14.1. The van der Waals surface area contributed by atoms with Crippen molar-refractivity contribution in [3.8, 4) is 16.9 Å². The number of ether oxygens (including phenoxy) is 1. The Labute approximate surface area is 184 Å². The van der Waals surface area contributed by atoms with E-state index in [1.54, 1.807) is 17.7 Å². The van der Waals surface area contributed by atoms with Crippen molar-refractivity contribution in [2.24, 2.45) is 0 Å². The van der Waals surface area contributed by atoms with Gasteiger partial charge in [0, 0.05) is 31.7 Å². The SMILES string of the molecule is O=C(COc1ccccc1-c1ccccc1)N1CCN(c2ncnc3sccc23)CC1. The number of fused-ring (bicyclic) bond motifs is 1. The van der Waals surface area contributed by atoms with Gasteiger partial charge in [0.05, 0.1) is 5.39 Å². The van der Waals surface area contributed by atoms with Crippen LogP contribution in [0.15, 0.2) is 72.4 Å². The van der Waals surface area contributed by atoms with Gasteiger partial charge in [-0.3, -0.25) is 4.79 Å². The van der Waals surface area contributed by atoms with Gasteiger partial charge < -0.3 is 14.5 Å². The van der Waals surface area contributed by atoms with E-state index in [4.69, 9.17) is 4.74 Å². The fourth-order valence-corrected chi connectivity index (χ4v) is 4.60. The van der Waals surface area contributed by atoms with Crippen molar-refractivity contribution in [3.63, 3.8) is 0 Å². The summed E-state index contributed by atoms with van der Waals surface area (Å²) in [4.78, 5) is 26.7. The summed E-state index contributed by atoms with van der Waals surface area (Å²) in [6.45, 7) is 2.82. The maximum Gasteiger partial charge on any atom is 0.260 e. The van der Waals surface area contributed by atoms with Crippen LogP contribution in [0.5, 0.6) is 5.75 Å². The van der Waals surface area contributed by atoms with Crippen LogP contribution in [0.25, 0.3) is 21.3 Å². The molecule has 4 aromatic rings. The van der Waals surface area contributed by atoms with Crippen molar-refractivity contribution in [3.05, 3.63) is 72.4 Å². The third-order valence-electron chi connectivity index (χ3n) is 5.50. The van der Waals surface area contributed by atoms with Crippen LogP contribution >= 0.6 is 11.3 Å². The highest BCUT2D eigenvalue weighted by Crippen LogP contribution is 2.30. The van der Waals surface area contributed by atoms with Crippen LogP contribution in [0.2, 0.25) is 0 Å². The lowest BCUT2D eigenvalue weighted by Crippen LogP contribution is -2.50. The summed E-state index contributed by atoms with van der Waals surface area (Å²) in [5.41, 5.74) is 2.06. The van der Waals surface area contributed by atoms with Gasteiger partial charge in [0.1, 0.15) is 22.7 Å². The number of carbonyl (C=O) groups is 1. The third kappa shape index (κ3) is 4.09. The number of nitrogens with zero attached hydrogens (tertiary/aromatic N) is 4. The molecule has 7 heteroatoms. The van der Waals surface area contributed by atoms with Crippen molar-refractivity contribution in [1.29, 1.82) is 0 Å². The van der Waals surface area contributed by atoms with Gasteiger partial charge in [-0.05, 0) is 23.1 Å². The number of thiophene rings is 1. The number of hydrogen-bond donors (Lipinski definition) is 0. The molecular weight excluding hydrogens is 408 g/mol. The molecule has 5 rings (SSSR count). The molecule has 156 valence electrons. The van der Waals surface area contributed by atoms with Crippen molar-refractivity contribution >= 4 is 33.3 Å². The predicted octanol–water partition coefficient (Wildman–Crippen LogP) is 4.09. The van der Waals surface area contributed by atoms with Crippen molar-refractivity contribution in [2.75, 3.05) is 37.7 Å². The lowest BCUT2D eigenvalue weighted by molar-refractivity contribution is -0.133. The molecule has 2 aromatic heterocycles. The Morgan fingerprint density at radius 3 is 2.55 bits per heavy atom.